The van der Waals surface area contributed by atoms with Crippen LogP contribution in [0.3, 0.4) is 0 Å². The van der Waals surface area contributed by atoms with Crippen LogP contribution >= 0.6 is 0 Å². The van der Waals surface area contributed by atoms with Crippen molar-refractivity contribution in [2.24, 2.45) is 0 Å². The molecule has 0 aromatic rings. The molecule has 14 heavy (non-hydrogen) atoms. The lowest BCUT2D eigenvalue weighted by Gasteiger charge is -2.25. The van der Waals surface area contributed by atoms with Gasteiger partial charge in [0.05, 0.1) is 6.54 Å². The summed E-state index contributed by atoms with van der Waals surface area (Å²) in [4.78, 5) is 11.3. The number of carbonyl (C=O) groups is 1. The molecule has 0 aromatic carbocycles. The maximum Gasteiger partial charge on any atom is 0.418 e. The summed E-state index contributed by atoms with van der Waals surface area (Å²) in [5, 5.41) is 17.5. The Morgan fingerprint density at radius 1 is 1.50 bits per heavy atom. The third-order valence-electron chi connectivity index (χ3n) is 2.21. The first-order chi connectivity index (χ1) is 6.24. The highest BCUT2D eigenvalue weighted by Crippen LogP contribution is 2.37. The Balaban J connectivity index is 2.60. The van der Waals surface area contributed by atoms with Crippen molar-refractivity contribution in [2.45, 2.75) is 18.2 Å². The quantitative estimate of drug-likeness (QED) is 0.681. The maximum absolute atomic E-state index is 12.2. The SMILES string of the molecule is O=C(O)CN1CC[C@@](O)(C(F)(F)F)C1. The van der Waals surface area contributed by atoms with Crippen LogP contribution in [-0.4, -0.2) is 52.5 Å². The molecule has 0 radical (unpaired) electrons. The van der Waals surface area contributed by atoms with Crippen LogP contribution < -0.4 is 0 Å². The summed E-state index contributed by atoms with van der Waals surface area (Å²) in [5.74, 6) is -1.20. The van der Waals surface area contributed by atoms with Crippen molar-refractivity contribution < 1.29 is 28.2 Å². The third-order valence-corrected chi connectivity index (χ3v) is 2.21. The molecule has 0 bridgehead atoms. The van der Waals surface area contributed by atoms with Gasteiger partial charge in [0.2, 0.25) is 0 Å². The molecule has 1 rings (SSSR count). The molecule has 0 aliphatic carbocycles. The van der Waals surface area contributed by atoms with Gasteiger partial charge in [0, 0.05) is 13.1 Å². The molecule has 1 heterocycles. The van der Waals surface area contributed by atoms with Crippen LogP contribution in [0.15, 0.2) is 0 Å². The number of alkyl halides is 3. The largest absolute Gasteiger partial charge is 0.480 e. The molecule has 1 saturated heterocycles. The highest BCUT2D eigenvalue weighted by molar-refractivity contribution is 5.69. The van der Waals surface area contributed by atoms with Gasteiger partial charge in [0.25, 0.3) is 0 Å². The number of carboxylic acids is 1. The van der Waals surface area contributed by atoms with Gasteiger partial charge in [-0.2, -0.15) is 13.2 Å². The number of aliphatic carboxylic acids is 1. The highest BCUT2D eigenvalue weighted by Gasteiger charge is 2.57. The molecule has 2 N–H and O–H groups in total. The van der Waals surface area contributed by atoms with Gasteiger partial charge in [-0.1, -0.05) is 0 Å². The fraction of sp³-hybridized carbons (Fsp3) is 0.857. The number of nitrogens with zero attached hydrogens (tertiary/aromatic N) is 1. The Kier molecular flexibility index (Phi) is 2.73. The van der Waals surface area contributed by atoms with Gasteiger partial charge in [-0.25, -0.2) is 0 Å². The van der Waals surface area contributed by atoms with E-state index in [1.165, 1.54) is 0 Å². The van der Waals surface area contributed by atoms with E-state index in [4.69, 9.17) is 10.2 Å². The Bertz CT molecular complexity index is 243. The monoisotopic (exact) mass is 213 g/mol. The molecule has 0 spiro atoms. The van der Waals surface area contributed by atoms with Crippen LogP contribution in [0.5, 0.6) is 0 Å². The first-order valence-corrected chi connectivity index (χ1v) is 3.98. The van der Waals surface area contributed by atoms with E-state index in [9.17, 15) is 18.0 Å². The van der Waals surface area contributed by atoms with E-state index >= 15 is 0 Å². The minimum Gasteiger partial charge on any atom is -0.480 e. The van der Waals surface area contributed by atoms with Crippen LogP contribution in [0, 0.1) is 0 Å². The van der Waals surface area contributed by atoms with E-state index in [-0.39, 0.29) is 6.54 Å². The lowest BCUT2D eigenvalue weighted by atomic mass is 10.0. The number of rotatable bonds is 2. The van der Waals surface area contributed by atoms with Gasteiger partial charge in [-0.05, 0) is 6.42 Å². The zero-order chi connectivity index (χ0) is 11.0. The minimum absolute atomic E-state index is 0.0533. The standard InChI is InChI=1S/C7H10F3NO3/c8-7(9,10)6(14)1-2-11(4-6)3-5(12)13/h14H,1-4H2,(H,12,13)/t6-/m0/s1. The predicted molar refractivity (Wildman–Crippen MR) is 39.7 cm³/mol. The fourth-order valence-electron chi connectivity index (χ4n) is 1.43. The molecule has 0 unspecified atom stereocenters. The summed E-state index contributed by atoms with van der Waals surface area (Å²) in [5.41, 5.74) is -2.75. The van der Waals surface area contributed by atoms with Crippen molar-refractivity contribution in [3.63, 3.8) is 0 Å². The van der Waals surface area contributed by atoms with Crippen molar-refractivity contribution in [1.82, 2.24) is 4.90 Å². The molecule has 7 heteroatoms. The average molecular weight is 213 g/mol. The van der Waals surface area contributed by atoms with Gasteiger partial charge in [-0.15, -0.1) is 0 Å². The third kappa shape index (κ3) is 2.16. The first kappa shape index (κ1) is 11.3. The van der Waals surface area contributed by atoms with Crippen LogP contribution in [0.4, 0.5) is 13.2 Å². The lowest BCUT2D eigenvalue weighted by molar-refractivity contribution is -0.253. The van der Waals surface area contributed by atoms with Crippen LogP contribution in [-0.2, 0) is 4.79 Å². The first-order valence-electron chi connectivity index (χ1n) is 3.98. The number of β-amino-alcohol motifs (C(OH)–C–C–N with tert-alkyl or cyclic N) is 1. The van der Waals surface area contributed by atoms with Crippen LogP contribution in [0.1, 0.15) is 6.42 Å². The number of likely N-dealkylation sites (tertiary alicyclic amines) is 1. The van der Waals surface area contributed by atoms with Gasteiger partial charge in [-0.3, -0.25) is 9.69 Å². The fourth-order valence-corrected chi connectivity index (χ4v) is 1.43. The molecule has 82 valence electrons. The topological polar surface area (TPSA) is 60.8 Å². The molecule has 1 aliphatic rings. The summed E-state index contributed by atoms with van der Waals surface area (Å²) in [6, 6.07) is 0. The van der Waals surface area contributed by atoms with E-state index in [0.717, 1.165) is 4.90 Å². The van der Waals surface area contributed by atoms with E-state index < -0.39 is 37.3 Å². The Hall–Kier alpha value is -0.820. The second kappa shape index (κ2) is 3.39. The van der Waals surface area contributed by atoms with E-state index in [2.05, 4.69) is 0 Å². The van der Waals surface area contributed by atoms with Crippen LogP contribution in [0.25, 0.3) is 0 Å². The average Bonchev–Trinajstić information content (AvgIpc) is 2.30. The minimum atomic E-state index is -4.69. The summed E-state index contributed by atoms with van der Waals surface area (Å²) in [6.07, 6.45) is -5.16. The summed E-state index contributed by atoms with van der Waals surface area (Å²) >= 11 is 0. The zero-order valence-electron chi connectivity index (χ0n) is 7.21. The summed E-state index contributed by atoms with van der Waals surface area (Å²) in [6.45, 7) is -1.19. The predicted octanol–water partition coefficient (Wildman–Crippen LogP) is 0.0701. The number of hydrogen-bond donors (Lipinski definition) is 2. The highest BCUT2D eigenvalue weighted by atomic mass is 19.4. The summed E-state index contributed by atoms with van der Waals surface area (Å²) < 4.78 is 36.7. The second-order valence-electron chi connectivity index (χ2n) is 3.38. The molecule has 1 fully saturated rings. The van der Waals surface area contributed by atoms with E-state index in [1.54, 1.807) is 0 Å². The van der Waals surface area contributed by atoms with Crippen molar-refractivity contribution in [2.75, 3.05) is 19.6 Å². The van der Waals surface area contributed by atoms with Crippen LogP contribution in [0.2, 0.25) is 0 Å². The van der Waals surface area contributed by atoms with Crippen molar-refractivity contribution in [3.05, 3.63) is 0 Å². The zero-order valence-corrected chi connectivity index (χ0v) is 7.21. The molecule has 0 saturated carbocycles. The molecular formula is C7H10F3NO3. The Morgan fingerprint density at radius 2 is 2.07 bits per heavy atom. The number of halogens is 3. The molecule has 1 atom stereocenters. The van der Waals surface area contributed by atoms with Crippen molar-refractivity contribution >= 4 is 5.97 Å². The Labute approximate surface area is 77.9 Å². The van der Waals surface area contributed by atoms with Gasteiger partial charge in [0.15, 0.2) is 5.60 Å². The van der Waals surface area contributed by atoms with Crippen molar-refractivity contribution in [1.29, 1.82) is 0 Å². The van der Waals surface area contributed by atoms with Gasteiger partial charge < -0.3 is 10.2 Å². The second-order valence-corrected chi connectivity index (χ2v) is 3.38. The van der Waals surface area contributed by atoms with Gasteiger partial charge >= 0.3 is 12.1 Å². The molecule has 0 aromatic heterocycles. The normalized spacial score (nSPS) is 29.4. The van der Waals surface area contributed by atoms with Gasteiger partial charge in [0.1, 0.15) is 0 Å². The van der Waals surface area contributed by atoms with E-state index in [0.29, 0.717) is 0 Å². The molecule has 4 nitrogen and oxygen atoms in total. The number of carboxylic acid groups (broad SMARTS) is 1. The Morgan fingerprint density at radius 3 is 2.43 bits per heavy atom. The summed E-state index contributed by atoms with van der Waals surface area (Å²) in [7, 11) is 0. The smallest absolute Gasteiger partial charge is 0.418 e. The molecule has 0 amide bonds. The number of aliphatic hydroxyl groups is 1. The number of hydrogen-bond acceptors (Lipinski definition) is 3. The van der Waals surface area contributed by atoms with Crippen molar-refractivity contribution in [3.8, 4) is 0 Å². The lowest BCUT2D eigenvalue weighted by Crippen LogP contribution is -2.47. The maximum atomic E-state index is 12.2. The molecular weight excluding hydrogens is 203 g/mol. The molecule has 1 aliphatic heterocycles. The van der Waals surface area contributed by atoms with E-state index in [1.807, 2.05) is 0 Å².